The van der Waals surface area contributed by atoms with E-state index in [1.165, 1.54) is 17.0 Å². The highest BCUT2D eigenvalue weighted by Crippen LogP contribution is 2.34. The zero-order valence-electron chi connectivity index (χ0n) is 10.6. The molecule has 1 aliphatic heterocycles. The molecule has 0 unspecified atom stereocenters. The summed E-state index contributed by atoms with van der Waals surface area (Å²) in [5.74, 6) is -1.70. The second kappa shape index (κ2) is 5.52. The number of nitrogens with zero attached hydrogens (tertiary/aromatic N) is 1. The molecule has 1 amide bonds. The standard InChI is InChI=1S/C13H14ClF3N2O/c14-9-1-2-11(18)10(7-9)12(20)19-5-3-8(4-6-19)13(15,16)17/h1-2,7-8H,3-6,18H2. The summed E-state index contributed by atoms with van der Waals surface area (Å²) >= 11 is 5.81. The molecule has 1 heterocycles. The fourth-order valence-electron chi connectivity index (χ4n) is 2.29. The van der Waals surface area contributed by atoms with E-state index in [1.807, 2.05) is 0 Å². The zero-order valence-corrected chi connectivity index (χ0v) is 11.3. The third-order valence-electron chi connectivity index (χ3n) is 3.49. The van der Waals surface area contributed by atoms with Crippen LogP contribution in [0.25, 0.3) is 0 Å². The molecule has 1 aliphatic rings. The SMILES string of the molecule is Nc1ccc(Cl)cc1C(=O)N1CCC(C(F)(F)F)CC1. The lowest BCUT2D eigenvalue weighted by molar-refractivity contribution is -0.183. The number of carbonyl (C=O) groups excluding carboxylic acids is 1. The second-order valence-electron chi connectivity index (χ2n) is 4.84. The van der Waals surface area contributed by atoms with Gasteiger partial charge in [0.15, 0.2) is 0 Å². The molecule has 0 atom stereocenters. The molecule has 2 N–H and O–H groups in total. The van der Waals surface area contributed by atoms with Crippen LogP contribution in [0.2, 0.25) is 5.02 Å². The number of nitrogen functional groups attached to an aromatic ring is 1. The molecule has 0 saturated carbocycles. The first-order chi connectivity index (χ1) is 9.29. The summed E-state index contributed by atoms with van der Waals surface area (Å²) in [5, 5.41) is 0.368. The Hall–Kier alpha value is -1.43. The van der Waals surface area contributed by atoms with Gasteiger partial charge in [0.2, 0.25) is 0 Å². The van der Waals surface area contributed by atoms with E-state index in [0.717, 1.165) is 0 Å². The minimum Gasteiger partial charge on any atom is -0.398 e. The number of halogens is 4. The number of hydrogen-bond acceptors (Lipinski definition) is 2. The molecule has 1 aromatic carbocycles. The molecular weight excluding hydrogens is 293 g/mol. The predicted octanol–water partition coefficient (Wildman–Crippen LogP) is 3.34. The van der Waals surface area contributed by atoms with Crippen molar-refractivity contribution in [3.63, 3.8) is 0 Å². The number of likely N-dealkylation sites (tertiary alicyclic amines) is 1. The van der Waals surface area contributed by atoms with E-state index in [9.17, 15) is 18.0 Å². The number of anilines is 1. The molecule has 1 aromatic rings. The van der Waals surface area contributed by atoms with Crippen LogP contribution in [0.15, 0.2) is 18.2 Å². The highest BCUT2D eigenvalue weighted by atomic mass is 35.5. The molecular formula is C13H14ClF3N2O. The van der Waals surface area contributed by atoms with Gasteiger partial charge in [-0.2, -0.15) is 13.2 Å². The van der Waals surface area contributed by atoms with E-state index in [-0.39, 0.29) is 43.1 Å². The molecule has 7 heteroatoms. The first-order valence-corrected chi connectivity index (χ1v) is 6.58. The number of carbonyl (C=O) groups is 1. The van der Waals surface area contributed by atoms with Gasteiger partial charge in [-0.05, 0) is 31.0 Å². The van der Waals surface area contributed by atoms with E-state index >= 15 is 0 Å². The summed E-state index contributed by atoms with van der Waals surface area (Å²) in [4.78, 5) is 13.6. The Balaban J connectivity index is 2.07. The van der Waals surface area contributed by atoms with Crippen molar-refractivity contribution in [2.75, 3.05) is 18.8 Å². The number of benzene rings is 1. The van der Waals surface area contributed by atoms with Crippen molar-refractivity contribution in [1.82, 2.24) is 4.90 Å². The van der Waals surface area contributed by atoms with Crippen LogP contribution in [-0.2, 0) is 0 Å². The summed E-state index contributed by atoms with van der Waals surface area (Å²) in [7, 11) is 0. The number of piperidine rings is 1. The van der Waals surface area contributed by atoms with Crippen LogP contribution in [0.4, 0.5) is 18.9 Å². The van der Waals surface area contributed by atoms with Crippen LogP contribution in [0, 0.1) is 5.92 Å². The Morgan fingerprint density at radius 3 is 2.45 bits per heavy atom. The number of nitrogens with two attached hydrogens (primary N) is 1. The average Bonchev–Trinajstić information content (AvgIpc) is 2.40. The van der Waals surface area contributed by atoms with Gasteiger partial charge in [0.05, 0.1) is 11.5 Å². The third kappa shape index (κ3) is 3.17. The predicted molar refractivity (Wildman–Crippen MR) is 70.5 cm³/mol. The van der Waals surface area contributed by atoms with Gasteiger partial charge in [-0.25, -0.2) is 0 Å². The van der Waals surface area contributed by atoms with Crippen molar-refractivity contribution in [2.45, 2.75) is 19.0 Å². The second-order valence-corrected chi connectivity index (χ2v) is 5.28. The summed E-state index contributed by atoms with van der Waals surface area (Å²) in [6, 6.07) is 4.51. The Bertz CT molecular complexity index is 511. The van der Waals surface area contributed by atoms with Crippen LogP contribution >= 0.6 is 11.6 Å². The van der Waals surface area contributed by atoms with Gasteiger partial charge in [-0.3, -0.25) is 4.79 Å². The van der Waals surface area contributed by atoms with Crippen molar-refractivity contribution < 1.29 is 18.0 Å². The van der Waals surface area contributed by atoms with Crippen molar-refractivity contribution in [2.24, 2.45) is 5.92 Å². The topological polar surface area (TPSA) is 46.3 Å². The first kappa shape index (κ1) is 15.0. The Kier molecular flexibility index (Phi) is 4.13. The number of alkyl halides is 3. The Labute approximate surface area is 119 Å². The largest absolute Gasteiger partial charge is 0.398 e. The van der Waals surface area contributed by atoms with E-state index in [1.54, 1.807) is 6.07 Å². The van der Waals surface area contributed by atoms with E-state index < -0.39 is 12.1 Å². The van der Waals surface area contributed by atoms with Gasteiger partial charge in [0.25, 0.3) is 5.91 Å². The van der Waals surface area contributed by atoms with Crippen molar-refractivity contribution >= 4 is 23.2 Å². The lowest BCUT2D eigenvalue weighted by Gasteiger charge is -2.33. The minimum absolute atomic E-state index is 0.0737. The van der Waals surface area contributed by atoms with Gasteiger partial charge < -0.3 is 10.6 Å². The first-order valence-electron chi connectivity index (χ1n) is 6.20. The van der Waals surface area contributed by atoms with Gasteiger partial charge in [0, 0.05) is 23.8 Å². The van der Waals surface area contributed by atoms with Crippen LogP contribution in [-0.4, -0.2) is 30.1 Å². The molecule has 3 nitrogen and oxygen atoms in total. The van der Waals surface area contributed by atoms with Gasteiger partial charge >= 0.3 is 6.18 Å². The average molecular weight is 307 g/mol. The maximum absolute atomic E-state index is 12.6. The quantitative estimate of drug-likeness (QED) is 0.809. The monoisotopic (exact) mass is 306 g/mol. The van der Waals surface area contributed by atoms with Crippen molar-refractivity contribution in [3.8, 4) is 0 Å². The van der Waals surface area contributed by atoms with Crippen LogP contribution in [0.5, 0.6) is 0 Å². The van der Waals surface area contributed by atoms with Gasteiger partial charge in [-0.1, -0.05) is 11.6 Å². The minimum atomic E-state index is -4.19. The highest BCUT2D eigenvalue weighted by molar-refractivity contribution is 6.31. The lowest BCUT2D eigenvalue weighted by atomic mass is 9.95. The molecule has 1 fully saturated rings. The van der Waals surface area contributed by atoms with E-state index in [4.69, 9.17) is 17.3 Å². The highest BCUT2D eigenvalue weighted by Gasteiger charge is 2.41. The Morgan fingerprint density at radius 2 is 1.90 bits per heavy atom. The Morgan fingerprint density at radius 1 is 1.30 bits per heavy atom. The number of hydrogen-bond donors (Lipinski definition) is 1. The summed E-state index contributed by atoms with van der Waals surface area (Å²) in [6.45, 7) is 0.157. The molecule has 0 spiro atoms. The number of rotatable bonds is 1. The maximum Gasteiger partial charge on any atom is 0.391 e. The molecule has 20 heavy (non-hydrogen) atoms. The van der Waals surface area contributed by atoms with Gasteiger partial charge in [0.1, 0.15) is 0 Å². The van der Waals surface area contributed by atoms with E-state index in [0.29, 0.717) is 5.02 Å². The fraction of sp³-hybridized carbons (Fsp3) is 0.462. The molecule has 0 aromatic heterocycles. The van der Waals surface area contributed by atoms with Crippen LogP contribution in [0.1, 0.15) is 23.2 Å². The van der Waals surface area contributed by atoms with Crippen molar-refractivity contribution in [1.29, 1.82) is 0 Å². The van der Waals surface area contributed by atoms with E-state index in [2.05, 4.69) is 0 Å². The number of amides is 1. The molecule has 2 rings (SSSR count). The molecule has 110 valence electrons. The fourth-order valence-corrected chi connectivity index (χ4v) is 2.47. The molecule has 0 aliphatic carbocycles. The van der Waals surface area contributed by atoms with Crippen LogP contribution in [0.3, 0.4) is 0 Å². The zero-order chi connectivity index (χ0) is 14.9. The normalized spacial score (nSPS) is 17.3. The van der Waals surface area contributed by atoms with Crippen molar-refractivity contribution in [3.05, 3.63) is 28.8 Å². The third-order valence-corrected chi connectivity index (χ3v) is 3.73. The molecule has 0 bridgehead atoms. The maximum atomic E-state index is 12.6. The summed E-state index contributed by atoms with van der Waals surface area (Å²) in [6.07, 6.45) is -4.34. The lowest BCUT2D eigenvalue weighted by Crippen LogP contribution is -2.42. The summed E-state index contributed by atoms with van der Waals surface area (Å²) in [5.41, 5.74) is 6.22. The van der Waals surface area contributed by atoms with Crippen LogP contribution < -0.4 is 5.73 Å². The molecule has 0 radical (unpaired) electrons. The van der Waals surface area contributed by atoms with Gasteiger partial charge in [-0.15, -0.1) is 0 Å². The smallest absolute Gasteiger partial charge is 0.391 e. The summed E-state index contributed by atoms with van der Waals surface area (Å²) < 4.78 is 37.7. The molecule has 1 saturated heterocycles.